The number of hydrogen-bond donors (Lipinski definition) is 1. The van der Waals surface area contributed by atoms with Crippen LogP contribution in [-0.4, -0.2) is 48.8 Å². The maximum absolute atomic E-state index is 12.3. The molecule has 28 heavy (non-hydrogen) atoms. The molecular weight excluding hydrogens is 372 g/mol. The van der Waals surface area contributed by atoms with Gasteiger partial charge in [-0.3, -0.25) is 0 Å². The van der Waals surface area contributed by atoms with Crippen LogP contribution in [0, 0.1) is 10.1 Å². The molecular formula is C18H26N2O8. The van der Waals surface area contributed by atoms with Crippen LogP contribution in [0.1, 0.15) is 32.8 Å². The Hall–Kier alpha value is -2.88. The number of nitrogens with one attached hydrogen (secondary N) is 1. The number of amides is 1. The molecule has 0 aliphatic carbocycles. The molecule has 1 atom stereocenters. The molecule has 1 aromatic carbocycles. The Morgan fingerprint density at radius 3 is 2.46 bits per heavy atom. The topological polar surface area (TPSA) is 126 Å². The summed E-state index contributed by atoms with van der Waals surface area (Å²) in [6.45, 7) is 4.32. The predicted octanol–water partition coefficient (Wildman–Crippen LogP) is 2.24. The standard InChI is InChI=1S/C18H26N2O8/c1-18(2,3)28-17(22)19-15(10-9-14-7-5-4-6-8-14)16(21)26-13-25-11-12-27-20(23)24/h4-8,15H,9-13H2,1-3H3,(H,19,22). The van der Waals surface area contributed by atoms with Gasteiger partial charge in [0.25, 0.3) is 5.09 Å². The van der Waals surface area contributed by atoms with Crippen molar-refractivity contribution in [1.82, 2.24) is 5.32 Å². The lowest BCUT2D eigenvalue weighted by Gasteiger charge is -2.23. The fourth-order valence-electron chi connectivity index (χ4n) is 2.08. The molecule has 0 bridgehead atoms. The van der Waals surface area contributed by atoms with Crippen LogP contribution >= 0.6 is 0 Å². The number of esters is 1. The molecule has 0 aromatic heterocycles. The smallest absolute Gasteiger partial charge is 0.408 e. The van der Waals surface area contributed by atoms with E-state index in [1.165, 1.54) is 0 Å². The van der Waals surface area contributed by atoms with Crippen LogP contribution in [-0.2, 0) is 30.3 Å². The summed E-state index contributed by atoms with van der Waals surface area (Å²) in [6, 6.07) is 8.53. The molecule has 0 aliphatic rings. The lowest BCUT2D eigenvalue weighted by atomic mass is 10.1. The maximum atomic E-state index is 12.3. The third-order valence-corrected chi connectivity index (χ3v) is 3.25. The quantitative estimate of drug-likeness (QED) is 0.198. The summed E-state index contributed by atoms with van der Waals surface area (Å²) in [6.07, 6.45) is 0.100. The molecule has 1 amide bonds. The van der Waals surface area contributed by atoms with Gasteiger partial charge in [-0.05, 0) is 39.2 Å². The molecule has 0 aliphatic heterocycles. The van der Waals surface area contributed by atoms with Crippen molar-refractivity contribution in [3.8, 4) is 0 Å². The zero-order chi connectivity index (χ0) is 21.0. The van der Waals surface area contributed by atoms with E-state index >= 15 is 0 Å². The molecule has 1 unspecified atom stereocenters. The Balaban J connectivity index is 2.53. The lowest BCUT2D eigenvalue weighted by Crippen LogP contribution is -2.44. The number of nitrogens with zero attached hydrogens (tertiary/aromatic N) is 1. The van der Waals surface area contributed by atoms with Crippen LogP contribution in [0.2, 0.25) is 0 Å². The highest BCUT2D eigenvalue weighted by Gasteiger charge is 2.25. The van der Waals surface area contributed by atoms with Gasteiger partial charge in [-0.1, -0.05) is 30.3 Å². The number of benzene rings is 1. The first-order valence-electron chi connectivity index (χ1n) is 8.72. The average Bonchev–Trinajstić information content (AvgIpc) is 2.60. The van der Waals surface area contributed by atoms with Gasteiger partial charge in [0.15, 0.2) is 6.79 Å². The largest absolute Gasteiger partial charge is 0.444 e. The number of rotatable bonds is 11. The highest BCUT2D eigenvalue weighted by Crippen LogP contribution is 2.10. The van der Waals surface area contributed by atoms with E-state index < -0.39 is 35.6 Å². The van der Waals surface area contributed by atoms with Gasteiger partial charge in [-0.25, -0.2) is 9.59 Å². The van der Waals surface area contributed by atoms with E-state index in [0.29, 0.717) is 12.8 Å². The van der Waals surface area contributed by atoms with Gasteiger partial charge in [0.05, 0.1) is 6.61 Å². The van der Waals surface area contributed by atoms with Gasteiger partial charge in [-0.15, -0.1) is 10.1 Å². The Labute approximate surface area is 163 Å². The first-order chi connectivity index (χ1) is 13.2. The Bertz CT molecular complexity index is 630. The highest BCUT2D eigenvalue weighted by atomic mass is 17.0. The van der Waals surface area contributed by atoms with Gasteiger partial charge in [0, 0.05) is 0 Å². The van der Waals surface area contributed by atoms with E-state index in [0.717, 1.165) is 5.56 Å². The van der Waals surface area contributed by atoms with Gasteiger partial charge in [0.2, 0.25) is 0 Å². The molecule has 0 heterocycles. The summed E-state index contributed by atoms with van der Waals surface area (Å²) in [5.41, 5.74) is 0.289. The first kappa shape index (κ1) is 23.2. The zero-order valence-corrected chi connectivity index (χ0v) is 16.2. The van der Waals surface area contributed by atoms with E-state index in [4.69, 9.17) is 14.2 Å². The van der Waals surface area contributed by atoms with Crippen molar-refractivity contribution in [3.05, 3.63) is 46.0 Å². The number of alkyl carbamates (subject to hydrolysis) is 1. The molecule has 0 fully saturated rings. The van der Waals surface area contributed by atoms with Gasteiger partial charge < -0.3 is 24.4 Å². The summed E-state index contributed by atoms with van der Waals surface area (Å²) in [5, 5.41) is 11.6. The van der Waals surface area contributed by atoms with Crippen molar-refractivity contribution < 1.29 is 33.7 Å². The summed E-state index contributed by atoms with van der Waals surface area (Å²) >= 11 is 0. The van der Waals surface area contributed by atoms with Crippen LogP contribution in [0.4, 0.5) is 4.79 Å². The van der Waals surface area contributed by atoms with Crippen molar-refractivity contribution in [2.45, 2.75) is 45.3 Å². The monoisotopic (exact) mass is 398 g/mol. The molecule has 0 saturated heterocycles. The Morgan fingerprint density at radius 2 is 1.86 bits per heavy atom. The van der Waals surface area contributed by atoms with Crippen LogP contribution in [0.15, 0.2) is 30.3 Å². The number of carbonyl (C=O) groups excluding carboxylic acids is 2. The van der Waals surface area contributed by atoms with E-state index in [9.17, 15) is 19.7 Å². The predicted molar refractivity (Wildman–Crippen MR) is 97.8 cm³/mol. The van der Waals surface area contributed by atoms with Gasteiger partial charge in [0.1, 0.15) is 18.2 Å². The lowest BCUT2D eigenvalue weighted by molar-refractivity contribution is -0.758. The number of hydrogen-bond acceptors (Lipinski definition) is 8. The minimum absolute atomic E-state index is 0.123. The third kappa shape index (κ3) is 11.0. The minimum Gasteiger partial charge on any atom is -0.444 e. The minimum atomic E-state index is -0.945. The molecule has 0 spiro atoms. The first-order valence-corrected chi connectivity index (χ1v) is 8.72. The fraction of sp³-hybridized carbons (Fsp3) is 0.556. The van der Waals surface area contributed by atoms with Crippen LogP contribution in [0.25, 0.3) is 0 Å². The van der Waals surface area contributed by atoms with Crippen molar-refractivity contribution in [1.29, 1.82) is 0 Å². The second-order valence-corrected chi connectivity index (χ2v) is 6.77. The van der Waals surface area contributed by atoms with Gasteiger partial charge in [-0.2, -0.15) is 0 Å². The van der Waals surface area contributed by atoms with E-state index in [2.05, 4.69) is 10.2 Å². The van der Waals surface area contributed by atoms with Crippen LogP contribution < -0.4 is 5.32 Å². The van der Waals surface area contributed by atoms with Crippen molar-refractivity contribution in [3.63, 3.8) is 0 Å². The Morgan fingerprint density at radius 1 is 1.18 bits per heavy atom. The second kappa shape index (κ2) is 11.8. The molecule has 1 aromatic rings. The summed E-state index contributed by atoms with van der Waals surface area (Å²) in [7, 11) is 0. The SMILES string of the molecule is CC(C)(C)OC(=O)NC(CCc1ccccc1)C(=O)OCOCCO[N+](=O)[O-]. The molecule has 1 rings (SSSR count). The number of aryl methyl sites for hydroxylation is 1. The van der Waals surface area contributed by atoms with Gasteiger partial charge >= 0.3 is 12.1 Å². The molecule has 156 valence electrons. The zero-order valence-electron chi connectivity index (χ0n) is 16.2. The molecule has 0 saturated carbocycles. The summed E-state index contributed by atoms with van der Waals surface area (Å²) in [4.78, 5) is 38.4. The highest BCUT2D eigenvalue weighted by molar-refractivity contribution is 5.81. The molecule has 0 radical (unpaired) electrons. The molecule has 10 heteroatoms. The number of ether oxygens (including phenoxy) is 3. The Kier molecular flexibility index (Phi) is 9.72. The molecule has 10 nitrogen and oxygen atoms in total. The van der Waals surface area contributed by atoms with E-state index in [1.807, 2.05) is 30.3 Å². The van der Waals surface area contributed by atoms with Crippen LogP contribution in [0.3, 0.4) is 0 Å². The second-order valence-electron chi connectivity index (χ2n) is 6.77. The summed E-state index contributed by atoms with van der Waals surface area (Å²) in [5.74, 6) is -0.697. The number of carbonyl (C=O) groups is 2. The summed E-state index contributed by atoms with van der Waals surface area (Å²) < 4.78 is 15.1. The van der Waals surface area contributed by atoms with E-state index in [-0.39, 0.29) is 13.2 Å². The maximum Gasteiger partial charge on any atom is 0.408 e. The van der Waals surface area contributed by atoms with Crippen molar-refractivity contribution in [2.75, 3.05) is 20.0 Å². The van der Waals surface area contributed by atoms with Crippen LogP contribution in [0.5, 0.6) is 0 Å². The van der Waals surface area contributed by atoms with Crippen molar-refractivity contribution >= 4 is 12.1 Å². The average molecular weight is 398 g/mol. The molecule has 1 N–H and O–H groups in total. The van der Waals surface area contributed by atoms with E-state index in [1.54, 1.807) is 20.8 Å². The van der Waals surface area contributed by atoms with Crippen molar-refractivity contribution in [2.24, 2.45) is 0 Å². The third-order valence-electron chi connectivity index (χ3n) is 3.25. The normalized spacial score (nSPS) is 12.0. The fourth-order valence-corrected chi connectivity index (χ4v) is 2.08.